The fourth-order valence-electron chi connectivity index (χ4n) is 1.40. The van der Waals surface area contributed by atoms with Crippen LogP contribution in [0.2, 0.25) is 0 Å². The Bertz CT molecular complexity index is 575. The Morgan fingerprint density at radius 3 is 2.81 bits per heavy atom. The lowest BCUT2D eigenvalue weighted by molar-refractivity contribution is 0.473. The van der Waals surface area contributed by atoms with Gasteiger partial charge in [0.1, 0.15) is 17.6 Å². The van der Waals surface area contributed by atoms with Gasteiger partial charge in [-0.25, -0.2) is 4.39 Å². The van der Waals surface area contributed by atoms with Crippen LogP contribution in [0.5, 0.6) is 5.75 Å². The zero-order valence-electron chi connectivity index (χ0n) is 8.18. The predicted octanol–water partition coefficient (Wildman–Crippen LogP) is 2.46. The van der Waals surface area contributed by atoms with E-state index in [-0.39, 0.29) is 11.3 Å². The Hall–Kier alpha value is -2.41. The minimum absolute atomic E-state index is 0.110. The van der Waals surface area contributed by atoms with Gasteiger partial charge in [-0.1, -0.05) is 6.07 Å². The largest absolute Gasteiger partial charge is 0.507 e. The summed E-state index contributed by atoms with van der Waals surface area (Å²) in [6.07, 6.45) is 2.57. The van der Waals surface area contributed by atoms with Crippen molar-refractivity contribution in [3.8, 4) is 22.9 Å². The molecule has 0 unspecified atom stereocenters. The van der Waals surface area contributed by atoms with Crippen molar-refractivity contribution in [3.05, 3.63) is 48.0 Å². The Kier molecular flexibility index (Phi) is 2.52. The van der Waals surface area contributed by atoms with Gasteiger partial charge in [-0.3, -0.25) is 4.98 Å². The molecule has 2 aromatic rings. The van der Waals surface area contributed by atoms with Crippen LogP contribution in [0.3, 0.4) is 0 Å². The molecule has 0 aliphatic heterocycles. The lowest BCUT2D eigenvalue weighted by Crippen LogP contribution is -1.86. The van der Waals surface area contributed by atoms with Crippen molar-refractivity contribution in [2.75, 3.05) is 0 Å². The van der Waals surface area contributed by atoms with E-state index in [1.54, 1.807) is 6.07 Å². The third kappa shape index (κ3) is 1.71. The topological polar surface area (TPSA) is 56.9 Å². The summed E-state index contributed by atoms with van der Waals surface area (Å²) in [5.74, 6) is -0.571. The lowest BCUT2D eigenvalue weighted by Gasteiger charge is -2.04. The van der Waals surface area contributed by atoms with E-state index in [9.17, 15) is 9.50 Å². The summed E-state index contributed by atoms with van der Waals surface area (Å²) >= 11 is 0. The maximum absolute atomic E-state index is 13.4. The molecular formula is C12H7FN2O. The molecule has 0 fully saturated rings. The molecule has 0 atom stereocenters. The molecule has 1 aromatic heterocycles. The van der Waals surface area contributed by atoms with Crippen molar-refractivity contribution >= 4 is 0 Å². The number of phenols is 1. The van der Waals surface area contributed by atoms with E-state index in [1.807, 2.05) is 6.07 Å². The molecule has 16 heavy (non-hydrogen) atoms. The van der Waals surface area contributed by atoms with E-state index in [4.69, 9.17) is 5.26 Å². The van der Waals surface area contributed by atoms with E-state index < -0.39 is 5.82 Å². The minimum atomic E-state index is -0.461. The van der Waals surface area contributed by atoms with Gasteiger partial charge in [0.05, 0.1) is 11.8 Å². The number of nitrogens with zero attached hydrogens (tertiary/aromatic N) is 2. The van der Waals surface area contributed by atoms with E-state index in [0.717, 1.165) is 6.20 Å². The zero-order valence-corrected chi connectivity index (χ0v) is 8.18. The number of phenolic OH excluding ortho intramolecular Hbond substituents is 1. The number of hydrogen-bond donors (Lipinski definition) is 1. The van der Waals surface area contributed by atoms with Gasteiger partial charge in [0.25, 0.3) is 0 Å². The summed E-state index contributed by atoms with van der Waals surface area (Å²) in [5, 5.41) is 18.1. The molecule has 3 nitrogen and oxygen atoms in total. The van der Waals surface area contributed by atoms with Gasteiger partial charge in [0, 0.05) is 11.8 Å². The predicted molar refractivity (Wildman–Crippen MR) is 56.0 cm³/mol. The van der Waals surface area contributed by atoms with Crippen LogP contribution in [0.25, 0.3) is 11.1 Å². The quantitative estimate of drug-likeness (QED) is 0.793. The summed E-state index contributed by atoms with van der Waals surface area (Å²) in [7, 11) is 0. The smallest absolute Gasteiger partial charge is 0.149 e. The first-order valence-corrected chi connectivity index (χ1v) is 4.55. The maximum atomic E-state index is 13.4. The molecule has 0 aliphatic carbocycles. The van der Waals surface area contributed by atoms with Gasteiger partial charge >= 0.3 is 0 Å². The number of aromatic hydroxyl groups is 1. The summed E-state index contributed by atoms with van der Waals surface area (Å²) < 4.78 is 13.4. The number of nitriles is 1. The molecule has 0 radical (unpaired) electrons. The molecule has 1 heterocycles. The lowest BCUT2D eigenvalue weighted by atomic mass is 10.0. The van der Waals surface area contributed by atoms with Gasteiger partial charge in [0.2, 0.25) is 0 Å². The molecule has 4 heteroatoms. The zero-order chi connectivity index (χ0) is 11.5. The van der Waals surface area contributed by atoms with E-state index in [1.165, 1.54) is 24.4 Å². The number of hydrogen-bond acceptors (Lipinski definition) is 3. The van der Waals surface area contributed by atoms with Crippen molar-refractivity contribution in [3.63, 3.8) is 0 Å². The van der Waals surface area contributed by atoms with E-state index in [0.29, 0.717) is 11.1 Å². The molecule has 1 aromatic carbocycles. The fourth-order valence-corrected chi connectivity index (χ4v) is 1.40. The Morgan fingerprint density at radius 2 is 2.12 bits per heavy atom. The van der Waals surface area contributed by atoms with Gasteiger partial charge in [-0.15, -0.1) is 0 Å². The highest BCUT2D eigenvalue weighted by molar-refractivity contribution is 5.67. The Morgan fingerprint density at radius 1 is 1.31 bits per heavy atom. The first-order chi connectivity index (χ1) is 7.72. The summed E-state index contributed by atoms with van der Waals surface area (Å²) in [4.78, 5) is 3.64. The fraction of sp³-hybridized carbons (Fsp3) is 0. The highest BCUT2D eigenvalue weighted by Crippen LogP contribution is 2.26. The van der Waals surface area contributed by atoms with Crippen molar-refractivity contribution in [1.29, 1.82) is 5.26 Å². The minimum Gasteiger partial charge on any atom is -0.507 e. The molecular weight excluding hydrogens is 207 g/mol. The number of benzene rings is 1. The second-order valence-corrected chi connectivity index (χ2v) is 3.20. The Balaban J connectivity index is 2.59. The number of aromatic nitrogens is 1. The molecule has 0 spiro atoms. The summed E-state index contributed by atoms with van der Waals surface area (Å²) in [6, 6.07) is 7.71. The molecule has 1 N–H and O–H groups in total. The summed E-state index contributed by atoms with van der Waals surface area (Å²) in [6.45, 7) is 0. The highest BCUT2D eigenvalue weighted by Gasteiger charge is 2.07. The average molecular weight is 214 g/mol. The van der Waals surface area contributed by atoms with Crippen molar-refractivity contribution in [2.45, 2.75) is 0 Å². The van der Waals surface area contributed by atoms with Crippen LogP contribution in [-0.4, -0.2) is 10.1 Å². The molecule has 78 valence electrons. The van der Waals surface area contributed by atoms with Crippen LogP contribution in [-0.2, 0) is 0 Å². The van der Waals surface area contributed by atoms with Crippen LogP contribution < -0.4 is 0 Å². The van der Waals surface area contributed by atoms with Gasteiger partial charge in [-0.05, 0) is 23.8 Å². The molecule has 0 saturated heterocycles. The van der Waals surface area contributed by atoms with Crippen molar-refractivity contribution in [1.82, 2.24) is 4.98 Å². The third-order valence-corrected chi connectivity index (χ3v) is 2.20. The van der Waals surface area contributed by atoms with Gasteiger partial charge in [0.15, 0.2) is 0 Å². The molecule has 2 rings (SSSR count). The van der Waals surface area contributed by atoms with E-state index >= 15 is 0 Å². The monoisotopic (exact) mass is 214 g/mol. The van der Waals surface area contributed by atoms with Gasteiger partial charge < -0.3 is 5.11 Å². The first kappa shape index (κ1) is 10.1. The third-order valence-electron chi connectivity index (χ3n) is 2.20. The number of pyridine rings is 1. The van der Waals surface area contributed by atoms with Crippen LogP contribution in [0, 0.1) is 17.1 Å². The normalized spacial score (nSPS) is 9.75. The summed E-state index contributed by atoms with van der Waals surface area (Å²) in [5.41, 5.74) is 1.01. The molecule has 0 aliphatic rings. The Labute approximate surface area is 91.4 Å². The van der Waals surface area contributed by atoms with E-state index in [2.05, 4.69) is 4.98 Å². The second-order valence-electron chi connectivity index (χ2n) is 3.20. The van der Waals surface area contributed by atoms with Crippen LogP contribution >= 0.6 is 0 Å². The molecule has 0 amide bonds. The maximum Gasteiger partial charge on any atom is 0.149 e. The highest BCUT2D eigenvalue weighted by atomic mass is 19.1. The molecule has 0 saturated carbocycles. The van der Waals surface area contributed by atoms with Gasteiger partial charge in [-0.2, -0.15) is 5.26 Å². The number of halogens is 1. The van der Waals surface area contributed by atoms with Crippen LogP contribution in [0.1, 0.15) is 5.56 Å². The van der Waals surface area contributed by atoms with Crippen LogP contribution in [0.4, 0.5) is 4.39 Å². The van der Waals surface area contributed by atoms with Crippen LogP contribution in [0.15, 0.2) is 36.7 Å². The average Bonchev–Trinajstić information content (AvgIpc) is 2.31. The molecule has 0 bridgehead atoms. The number of rotatable bonds is 1. The van der Waals surface area contributed by atoms with Crippen molar-refractivity contribution in [2.24, 2.45) is 0 Å². The second kappa shape index (κ2) is 3.99. The first-order valence-electron chi connectivity index (χ1n) is 4.55. The standard InChI is InChI=1S/C12H7FN2O/c13-11-7-15-4-3-10(11)8-1-2-12(16)9(5-8)6-14/h1-5,7,16H. The van der Waals surface area contributed by atoms with Crippen molar-refractivity contribution < 1.29 is 9.50 Å². The SMILES string of the molecule is N#Cc1cc(-c2ccncc2F)ccc1O.